The summed E-state index contributed by atoms with van der Waals surface area (Å²) in [6.45, 7) is 0.977. The van der Waals surface area contributed by atoms with Gasteiger partial charge >= 0.3 is 18.8 Å². The number of thiazole rings is 1. The number of halogens is 2. The maximum atomic E-state index is 12.6. The highest BCUT2D eigenvalue weighted by Gasteiger charge is 2.54. The number of carboxylic acid groups (broad SMARTS) is 2. The third-order valence-corrected chi connectivity index (χ3v) is 8.45. The Hall–Kier alpha value is -3.37. The number of fused-ring (bicyclic) bond motifs is 1. The number of aromatic nitrogens is 2. The van der Waals surface area contributed by atoms with Crippen LogP contribution >= 0.6 is 23.1 Å². The Kier molecular flexibility index (Phi) is 7.85. The fraction of sp³-hybridized carbons (Fsp3) is 0.455. The Labute approximate surface area is 223 Å². The minimum atomic E-state index is -3.02. The number of anilines is 1. The van der Waals surface area contributed by atoms with Crippen LogP contribution in [0.25, 0.3) is 0 Å². The first-order valence-electron chi connectivity index (χ1n) is 11.3. The summed E-state index contributed by atoms with van der Waals surface area (Å²) in [6, 6.07) is 2.40. The zero-order chi connectivity index (χ0) is 27.7. The summed E-state index contributed by atoms with van der Waals surface area (Å²) in [5, 5.41) is 23.2. The van der Waals surface area contributed by atoms with Gasteiger partial charge in [-0.15, -0.1) is 11.3 Å². The van der Waals surface area contributed by atoms with Crippen molar-refractivity contribution in [2.75, 3.05) is 17.7 Å². The molecule has 0 bridgehead atoms. The van der Waals surface area contributed by atoms with Crippen LogP contribution in [0.1, 0.15) is 42.2 Å². The van der Waals surface area contributed by atoms with Crippen LogP contribution < -0.4 is 10.1 Å². The molecule has 1 fully saturated rings. The maximum absolute atomic E-state index is 12.6. The van der Waals surface area contributed by atoms with Crippen LogP contribution in [-0.4, -0.2) is 72.9 Å². The molecule has 4 rings (SSSR count). The molecule has 12 nitrogen and oxygen atoms in total. The number of nitrogens with one attached hydrogen (secondary N) is 1. The number of alkyl halides is 2. The van der Waals surface area contributed by atoms with Crippen LogP contribution in [0.5, 0.6) is 5.75 Å². The van der Waals surface area contributed by atoms with Crippen molar-refractivity contribution < 1.29 is 42.9 Å². The lowest BCUT2D eigenvalue weighted by atomic mass is 9.75. The summed E-state index contributed by atoms with van der Waals surface area (Å²) in [5.74, 6) is -0.463. The van der Waals surface area contributed by atoms with E-state index in [9.17, 15) is 33.4 Å². The number of rotatable bonds is 6. The summed E-state index contributed by atoms with van der Waals surface area (Å²) in [7, 11) is 0. The standard InChI is InChI=1S/C22H23F2N5O7S2/c1-3-21(2)6-11-8-38-18(29(19(31)32)20(33)34)28-22(11,10-35-21)16-27-14(9-37-16)26-15(30)13-5-4-12(7-25-13)36-17(23)24/h4-5,7,9,11,17H,3,6,8,10H2,1-2H3,(H,26,30)(H,31,32)(H,33,34)/t11-,21-,22-/m0/s1. The second-order valence-electron chi connectivity index (χ2n) is 8.77. The van der Waals surface area contributed by atoms with Gasteiger partial charge in [-0.2, -0.15) is 13.7 Å². The Bertz CT molecular complexity index is 1250. The molecule has 0 spiro atoms. The molecule has 2 aromatic heterocycles. The first-order chi connectivity index (χ1) is 18.0. The first kappa shape index (κ1) is 27.7. The van der Waals surface area contributed by atoms with Gasteiger partial charge in [-0.05, 0) is 31.9 Å². The van der Waals surface area contributed by atoms with Gasteiger partial charge < -0.3 is 25.0 Å². The molecular weight excluding hydrogens is 548 g/mol. The largest absolute Gasteiger partial charge is 0.464 e. The van der Waals surface area contributed by atoms with Crippen LogP contribution in [0.3, 0.4) is 0 Å². The van der Waals surface area contributed by atoms with E-state index in [1.54, 1.807) is 5.38 Å². The van der Waals surface area contributed by atoms with E-state index in [1.165, 1.54) is 12.1 Å². The molecule has 2 aliphatic rings. The molecule has 204 valence electrons. The summed E-state index contributed by atoms with van der Waals surface area (Å²) in [5.41, 5.74) is -1.68. The van der Waals surface area contributed by atoms with E-state index in [2.05, 4.69) is 25.0 Å². The van der Waals surface area contributed by atoms with Crippen molar-refractivity contribution in [3.05, 3.63) is 34.4 Å². The van der Waals surface area contributed by atoms with Crippen LogP contribution in [0.2, 0.25) is 0 Å². The normalized spacial score (nSPS) is 24.8. The molecule has 2 aromatic rings. The van der Waals surface area contributed by atoms with E-state index in [4.69, 9.17) is 4.74 Å². The fourth-order valence-corrected chi connectivity index (χ4v) is 6.36. The summed E-state index contributed by atoms with van der Waals surface area (Å²) >= 11 is 2.20. The van der Waals surface area contributed by atoms with E-state index < -0.39 is 35.8 Å². The lowest BCUT2D eigenvalue weighted by molar-refractivity contribution is -0.122. The predicted octanol–water partition coefficient (Wildman–Crippen LogP) is 4.55. The average molecular weight is 572 g/mol. The molecule has 1 saturated heterocycles. The number of hydrogen-bond donors (Lipinski definition) is 3. The Balaban J connectivity index is 1.63. The quantitative estimate of drug-likeness (QED) is 0.448. The number of amidine groups is 1. The lowest BCUT2D eigenvalue weighted by Crippen LogP contribution is -2.54. The van der Waals surface area contributed by atoms with Crippen LogP contribution in [0.4, 0.5) is 24.2 Å². The lowest BCUT2D eigenvalue weighted by Gasteiger charge is -2.49. The second-order valence-corrected chi connectivity index (χ2v) is 10.6. The third kappa shape index (κ3) is 5.56. The zero-order valence-corrected chi connectivity index (χ0v) is 21.7. The van der Waals surface area contributed by atoms with Gasteiger partial charge in [0.05, 0.1) is 18.4 Å². The smallest absolute Gasteiger partial charge is 0.423 e. The highest BCUT2D eigenvalue weighted by Crippen LogP contribution is 2.50. The molecule has 38 heavy (non-hydrogen) atoms. The third-order valence-electron chi connectivity index (χ3n) is 6.34. The van der Waals surface area contributed by atoms with Gasteiger partial charge in [0.15, 0.2) is 5.17 Å². The van der Waals surface area contributed by atoms with Crippen LogP contribution in [0, 0.1) is 5.92 Å². The van der Waals surface area contributed by atoms with Crippen molar-refractivity contribution in [2.24, 2.45) is 10.9 Å². The monoisotopic (exact) mass is 571 g/mol. The molecule has 16 heteroatoms. The van der Waals surface area contributed by atoms with Crippen molar-refractivity contribution in [3.63, 3.8) is 0 Å². The number of amides is 3. The molecule has 0 aromatic carbocycles. The number of ether oxygens (including phenoxy) is 2. The van der Waals surface area contributed by atoms with E-state index in [0.29, 0.717) is 17.2 Å². The number of nitrogens with zero attached hydrogens (tertiary/aromatic N) is 4. The fourth-order valence-electron chi connectivity index (χ4n) is 4.14. The average Bonchev–Trinajstić information content (AvgIpc) is 3.33. The zero-order valence-electron chi connectivity index (χ0n) is 20.1. The summed E-state index contributed by atoms with van der Waals surface area (Å²) in [4.78, 5) is 49.0. The van der Waals surface area contributed by atoms with Crippen molar-refractivity contribution in [1.82, 2.24) is 14.9 Å². The molecule has 0 unspecified atom stereocenters. The van der Waals surface area contributed by atoms with E-state index in [1.807, 2.05) is 13.8 Å². The van der Waals surface area contributed by atoms with E-state index in [0.717, 1.165) is 35.7 Å². The number of carbonyl (C=O) groups is 3. The van der Waals surface area contributed by atoms with Crippen molar-refractivity contribution >= 4 is 52.2 Å². The Morgan fingerprint density at radius 1 is 1.32 bits per heavy atom. The Morgan fingerprint density at radius 3 is 2.66 bits per heavy atom. The van der Waals surface area contributed by atoms with Crippen LogP contribution in [0.15, 0.2) is 28.7 Å². The molecule has 3 N–H and O–H groups in total. The van der Waals surface area contributed by atoms with Gasteiger partial charge in [0, 0.05) is 17.1 Å². The molecule has 0 saturated carbocycles. The van der Waals surface area contributed by atoms with E-state index in [-0.39, 0.29) is 39.9 Å². The van der Waals surface area contributed by atoms with Crippen molar-refractivity contribution in [3.8, 4) is 5.75 Å². The highest BCUT2D eigenvalue weighted by molar-refractivity contribution is 8.13. The summed E-state index contributed by atoms with van der Waals surface area (Å²) in [6.07, 6.45) is -1.07. The molecule has 0 radical (unpaired) electrons. The summed E-state index contributed by atoms with van der Waals surface area (Å²) < 4.78 is 35.1. The van der Waals surface area contributed by atoms with Crippen molar-refractivity contribution in [1.29, 1.82) is 0 Å². The number of carbonyl (C=O) groups excluding carboxylic acids is 1. The first-order valence-corrected chi connectivity index (χ1v) is 13.1. The van der Waals surface area contributed by atoms with E-state index >= 15 is 0 Å². The molecule has 0 aliphatic carbocycles. The second kappa shape index (κ2) is 10.8. The number of imide groups is 1. The number of pyridine rings is 1. The minimum Gasteiger partial charge on any atom is -0.464 e. The van der Waals surface area contributed by atoms with Crippen LogP contribution in [-0.2, 0) is 10.3 Å². The van der Waals surface area contributed by atoms with Gasteiger partial charge in [0.2, 0.25) is 0 Å². The molecule has 3 atom stereocenters. The van der Waals surface area contributed by atoms with Gasteiger partial charge in [0.1, 0.15) is 27.8 Å². The molecule has 3 amide bonds. The van der Waals surface area contributed by atoms with Gasteiger partial charge in [-0.25, -0.2) is 24.5 Å². The van der Waals surface area contributed by atoms with Crippen molar-refractivity contribution in [2.45, 2.75) is 44.4 Å². The SMILES string of the molecule is CC[C@@]1(C)C[C@H]2CSC(N(C(=O)O)C(=O)O)=N[C@@]2(c2nc(NC(=O)c3ccc(OC(F)F)cn3)cs2)CO1. The highest BCUT2D eigenvalue weighted by atomic mass is 32.2. The van der Waals surface area contributed by atoms with Gasteiger partial charge in [-0.1, -0.05) is 18.7 Å². The van der Waals surface area contributed by atoms with Gasteiger partial charge in [0.25, 0.3) is 5.91 Å². The maximum Gasteiger partial charge on any atom is 0.423 e. The number of hydrogen-bond acceptors (Lipinski definition) is 10. The minimum absolute atomic E-state index is 0.0349. The topological polar surface area (TPSA) is 164 Å². The molecule has 4 heterocycles. The number of thioether (sulfide) groups is 1. The molecular formula is C22H23F2N5O7S2. The Morgan fingerprint density at radius 2 is 2.05 bits per heavy atom. The number of aliphatic imine (C=N–C) groups is 1. The predicted molar refractivity (Wildman–Crippen MR) is 133 cm³/mol. The van der Waals surface area contributed by atoms with Gasteiger partial charge in [-0.3, -0.25) is 4.79 Å². The molecule has 2 aliphatic heterocycles.